The molecule has 0 amide bonds. The fraction of sp³-hybridized carbons (Fsp3) is 0.273. The number of ketones is 1. The third kappa shape index (κ3) is 2.58. The maximum Gasteiger partial charge on any atom is 0.327 e. The monoisotopic (exact) mass is 364 g/mol. The summed E-state index contributed by atoms with van der Waals surface area (Å²) in [6.45, 7) is 1.79. The van der Waals surface area contributed by atoms with E-state index in [9.17, 15) is 9.59 Å². The van der Waals surface area contributed by atoms with Crippen molar-refractivity contribution in [1.82, 2.24) is 0 Å². The smallest absolute Gasteiger partial charge is 0.327 e. The van der Waals surface area contributed by atoms with Crippen LogP contribution >= 0.6 is 0 Å². The highest BCUT2D eigenvalue weighted by atomic mass is 16.5. The Labute approximate surface area is 157 Å². The predicted molar refractivity (Wildman–Crippen MR) is 99.1 cm³/mol. The van der Waals surface area contributed by atoms with Crippen LogP contribution in [0.4, 0.5) is 0 Å². The number of benzene rings is 2. The summed E-state index contributed by atoms with van der Waals surface area (Å²) in [7, 11) is 1.59. The standard InChI is InChI=1S/C22H20O5/c1-14(23)22-19(13-26-20(22)16-8-10-17(25-2)11-9-16)18(12-27-21(22)24)15-6-4-3-5-7-15/h3-11,20H,12-13H2,1-2H3. The summed E-state index contributed by atoms with van der Waals surface area (Å²) in [4.78, 5) is 25.8. The molecule has 0 N–H and O–H groups in total. The Kier molecular flexibility index (Phi) is 4.32. The molecule has 5 nitrogen and oxygen atoms in total. The van der Waals surface area contributed by atoms with Crippen LogP contribution in [0.25, 0.3) is 5.57 Å². The van der Waals surface area contributed by atoms with Gasteiger partial charge in [0.05, 0.1) is 13.7 Å². The molecule has 2 aromatic carbocycles. The van der Waals surface area contributed by atoms with Gasteiger partial charge in [-0.3, -0.25) is 9.59 Å². The molecule has 0 aromatic heterocycles. The second-order valence-electron chi connectivity index (χ2n) is 6.73. The zero-order valence-corrected chi connectivity index (χ0v) is 15.2. The Morgan fingerprint density at radius 1 is 1.07 bits per heavy atom. The van der Waals surface area contributed by atoms with Gasteiger partial charge < -0.3 is 14.2 Å². The topological polar surface area (TPSA) is 61.8 Å². The number of Topliss-reactive ketones (excluding diaryl/α,β-unsaturated/α-hetero) is 1. The fourth-order valence-electron chi connectivity index (χ4n) is 4.02. The van der Waals surface area contributed by atoms with Crippen LogP contribution in [0.3, 0.4) is 0 Å². The van der Waals surface area contributed by atoms with E-state index in [1.165, 1.54) is 6.92 Å². The third-order valence-corrected chi connectivity index (χ3v) is 5.39. The average molecular weight is 364 g/mol. The van der Waals surface area contributed by atoms with E-state index in [4.69, 9.17) is 14.2 Å². The van der Waals surface area contributed by atoms with Crippen LogP contribution in [0.2, 0.25) is 0 Å². The summed E-state index contributed by atoms with van der Waals surface area (Å²) in [5.41, 5.74) is 1.79. The number of hydrogen-bond acceptors (Lipinski definition) is 5. The van der Waals surface area contributed by atoms with Crippen LogP contribution in [0.1, 0.15) is 24.2 Å². The number of carbonyl (C=O) groups is 2. The highest BCUT2D eigenvalue weighted by Crippen LogP contribution is 2.54. The minimum absolute atomic E-state index is 0.145. The van der Waals surface area contributed by atoms with E-state index in [1.54, 1.807) is 19.2 Å². The van der Waals surface area contributed by atoms with Crippen molar-refractivity contribution in [2.45, 2.75) is 13.0 Å². The van der Waals surface area contributed by atoms with Crippen LogP contribution in [0.15, 0.2) is 60.2 Å². The van der Waals surface area contributed by atoms with Gasteiger partial charge in [0.15, 0.2) is 11.2 Å². The second-order valence-corrected chi connectivity index (χ2v) is 6.73. The number of hydrogen-bond donors (Lipinski definition) is 0. The Morgan fingerprint density at radius 3 is 2.41 bits per heavy atom. The maximum absolute atomic E-state index is 12.9. The lowest BCUT2D eigenvalue weighted by molar-refractivity contribution is -0.161. The van der Waals surface area contributed by atoms with Gasteiger partial charge in [-0.2, -0.15) is 0 Å². The Bertz CT molecular complexity index is 913. The Balaban J connectivity index is 1.89. The molecule has 0 aliphatic carbocycles. The lowest BCUT2D eigenvalue weighted by Gasteiger charge is -2.35. The van der Waals surface area contributed by atoms with Gasteiger partial charge in [0.2, 0.25) is 0 Å². The number of rotatable bonds is 4. The van der Waals surface area contributed by atoms with Crippen molar-refractivity contribution in [2.75, 3.05) is 20.3 Å². The number of esters is 1. The summed E-state index contributed by atoms with van der Waals surface area (Å²) in [6, 6.07) is 16.9. The van der Waals surface area contributed by atoms with Crippen LogP contribution in [0, 0.1) is 5.41 Å². The van der Waals surface area contributed by atoms with E-state index in [1.807, 2.05) is 42.5 Å². The number of methoxy groups -OCH3 is 1. The van der Waals surface area contributed by atoms with Crippen molar-refractivity contribution < 1.29 is 23.8 Å². The molecule has 2 aromatic rings. The van der Waals surface area contributed by atoms with E-state index in [2.05, 4.69) is 0 Å². The SMILES string of the molecule is COc1ccc(C2OCC3=C(c4ccccc4)COC(=O)C32C(C)=O)cc1. The van der Waals surface area contributed by atoms with Crippen molar-refractivity contribution >= 4 is 17.3 Å². The Hall–Kier alpha value is -2.92. The largest absolute Gasteiger partial charge is 0.497 e. The van der Waals surface area contributed by atoms with Gasteiger partial charge >= 0.3 is 5.97 Å². The molecule has 2 aliphatic heterocycles. The normalized spacial score (nSPS) is 24.4. The second kappa shape index (κ2) is 6.67. The van der Waals surface area contributed by atoms with Crippen molar-refractivity contribution in [3.8, 4) is 5.75 Å². The molecule has 0 saturated carbocycles. The summed E-state index contributed by atoms with van der Waals surface area (Å²) in [5.74, 6) is -0.113. The summed E-state index contributed by atoms with van der Waals surface area (Å²) in [5, 5.41) is 0. The first-order chi connectivity index (χ1) is 13.1. The molecule has 5 heteroatoms. The van der Waals surface area contributed by atoms with E-state index in [-0.39, 0.29) is 19.0 Å². The predicted octanol–water partition coefficient (Wildman–Crippen LogP) is 3.35. The quantitative estimate of drug-likeness (QED) is 0.615. The molecule has 0 spiro atoms. The van der Waals surface area contributed by atoms with Gasteiger partial charge in [-0.05, 0) is 41.3 Å². The molecule has 1 saturated heterocycles. The number of carbonyl (C=O) groups excluding carboxylic acids is 2. The molecule has 1 fully saturated rings. The molecule has 2 atom stereocenters. The molecular formula is C22H20O5. The molecule has 27 heavy (non-hydrogen) atoms. The molecule has 0 radical (unpaired) electrons. The molecule has 138 valence electrons. The van der Waals surface area contributed by atoms with Crippen LogP contribution in [-0.4, -0.2) is 32.1 Å². The minimum atomic E-state index is -1.45. The highest BCUT2D eigenvalue weighted by Gasteiger charge is 2.61. The molecule has 2 unspecified atom stereocenters. The third-order valence-electron chi connectivity index (χ3n) is 5.39. The van der Waals surface area contributed by atoms with Crippen LogP contribution in [-0.2, 0) is 19.1 Å². The maximum atomic E-state index is 12.9. The summed E-state index contributed by atoms with van der Waals surface area (Å²) < 4.78 is 16.7. The van der Waals surface area contributed by atoms with Crippen LogP contribution < -0.4 is 4.74 Å². The van der Waals surface area contributed by atoms with Crippen molar-refractivity contribution in [1.29, 1.82) is 0 Å². The van der Waals surface area contributed by atoms with E-state index in [0.717, 1.165) is 16.7 Å². The van der Waals surface area contributed by atoms with Gasteiger partial charge in [0.25, 0.3) is 0 Å². The minimum Gasteiger partial charge on any atom is -0.497 e. The van der Waals surface area contributed by atoms with Crippen molar-refractivity contribution in [3.63, 3.8) is 0 Å². The van der Waals surface area contributed by atoms with Gasteiger partial charge in [-0.25, -0.2) is 0 Å². The van der Waals surface area contributed by atoms with Crippen molar-refractivity contribution in [2.24, 2.45) is 5.41 Å². The summed E-state index contributed by atoms with van der Waals surface area (Å²) >= 11 is 0. The first kappa shape index (κ1) is 17.5. The van der Waals surface area contributed by atoms with Crippen molar-refractivity contribution in [3.05, 3.63) is 71.3 Å². The number of cyclic esters (lactones) is 1. The lowest BCUT2D eigenvalue weighted by atomic mass is 9.69. The fourth-order valence-corrected chi connectivity index (χ4v) is 4.02. The lowest BCUT2D eigenvalue weighted by Crippen LogP contribution is -2.46. The Morgan fingerprint density at radius 2 is 1.78 bits per heavy atom. The van der Waals surface area contributed by atoms with Gasteiger partial charge in [-0.1, -0.05) is 42.5 Å². The van der Waals surface area contributed by atoms with E-state index < -0.39 is 17.5 Å². The molecule has 2 aliphatic rings. The first-order valence-electron chi connectivity index (χ1n) is 8.80. The average Bonchev–Trinajstić information content (AvgIpc) is 3.11. The van der Waals surface area contributed by atoms with Crippen LogP contribution in [0.5, 0.6) is 5.75 Å². The highest BCUT2D eigenvalue weighted by molar-refractivity contribution is 6.10. The molecular weight excluding hydrogens is 344 g/mol. The van der Waals surface area contributed by atoms with E-state index in [0.29, 0.717) is 11.3 Å². The van der Waals surface area contributed by atoms with Gasteiger partial charge in [-0.15, -0.1) is 0 Å². The summed E-state index contributed by atoms with van der Waals surface area (Å²) in [6.07, 6.45) is -0.720. The first-order valence-corrected chi connectivity index (χ1v) is 8.80. The molecule has 0 bridgehead atoms. The molecule has 2 heterocycles. The zero-order chi connectivity index (χ0) is 19.0. The number of fused-ring (bicyclic) bond motifs is 1. The van der Waals surface area contributed by atoms with E-state index >= 15 is 0 Å². The molecule has 4 rings (SSSR count). The van der Waals surface area contributed by atoms with Gasteiger partial charge in [0, 0.05) is 0 Å². The van der Waals surface area contributed by atoms with Gasteiger partial charge in [0.1, 0.15) is 18.5 Å². The number of ether oxygens (including phenoxy) is 3. The zero-order valence-electron chi connectivity index (χ0n) is 15.2.